The molecule has 1 saturated carbocycles. The predicted octanol–water partition coefficient (Wildman–Crippen LogP) is 0.354. The average Bonchev–Trinajstić information content (AvgIpc) is 3.06. The molecule has 1 aromatic rings. The van der Waals surface area contributed by atoms with Crippen molar-refractivity contribution in [3.8, 4) is 0 Å². The molecule has 1 atom stereocenters. The molecule has 1 aliphatic heterocycles. The summed E-state index contributed by atoms with van der Waals surface area (Å²) >= 11 is 0. The Balaban J connectivity index is 1.53. The highest BCUT2D eigenvalue weighted by atomic mass is 16.5. The van der Waals surface area contributed by atoms with Crippen LogP contribution in [0.25, 0.3) is 0 Å². The van der Waals surface area contributed by atoms with Gasteiger partial charge in [-0.15, -0.1) is 0 Å². The molecule has 1 saturated heterocycles. The van der Waals surface area contributed by atoms with Crippen LogP contribution >= 0.6 is 0 Å². The van der Waals surface area contributed by atoms with Crippen LogP contribution in [0, 0.1) is 5.92 Å². The molecule has 0 spiro atoms. The molecule has 1 aromatic heterocycles. The second kappa shape index (κ2) is 5.34. The molecule has 0 amide bonds. The molecule has 3 rings (SSSR count). The maximum atomic E-state index is 6.12. The minimum atomic E-state index is -0.167. The number of hydrogen-bond donors (Lipinski definition) is 1. The monoisotopic (exact) mass is 252 g/mol. The lowest BCUT2D eigenvalue weighted by atomic mass is 10.2. The van der Waals surface area contributed by atoms with Gasteiger partial charge in [0.15, 0.2) is 5.82 Å². The van der Waals surface area contributed by atoms with Crippen LogP contribution in [0.1, 0.15) is 30.6 Å². The lowest BCUT2D eigenvalue weighted by Crippen LogP contribution is -2.40. The van der Waals surface area contributed by atoms with Gasteiger partial charge >= 0.3 is 0 Å². The van der Waals surface area contributed by atoms with Crippen LogP contribution < -0.4 is 5.73 Å². The van der Waals surface area contributed by atoms with Crippen molar-refractivity contribution in [2.24, 2.45) is 11.7 Å². The van der Waals surface area contributed by atoms with Gasteiger partial charge in [-0.3, -0.25) is 4.90 Å². The van der Waals surface area contributed by atoms with Gasteiger partial charge in [0, 0.05) is 26.1 Å². The molecule has 6 nitrogen and oxygen atoms in total. The fraction of sp³-hybridized carbons (Fsp3) is 0.833. The molecule has 1 aliphatic carbocycles. The molecule has 6 heteroatoms. The fourth-order valence-electron chi connectivity index (χ4n) is 2.21. The molecule has 2 heterocycles. The van der Waals surface area contributed by atoms with Crippen molar-refractivity contribution >= 4 is 0 Å². The van der Waals surface area contributed by atoms with Crippen molar-refractivity contribution < 1.29 is 9.26 Å². The zero-order valence-electron chi connectivity index (χ0n) is 10.5. The van der Waals surface area contributed by atoms with Gasteiger partial charge in [-0.1, -0.05) is 5.16 Å². The van der Waals surface area contributed by atoms with E-state index in [1.165, 1.54) is 12.8 Å². The van der Waals surface area contributed by atoms with Crippen LogP contribution in [-0.4, -0.2) is 47.9 Å². The highest BCUT2D eigenvalue weighted by Gasteiger charge is 2.25. The summed E-state index contributed by atoms with van der Waals surface area (Å²) in [5.41, 5.74) is 6.12. The second-order valence-electron chi connectivity index (χ2n) is 5.21. The van der Waals surface area contributed by atoms with E-state index in [4.69, 9.17) is 15.0 Å². The third-order valence-electron chi connectivity index (χ3n) is 3.53. The van der Waals surface area contributed by atoms with Crippen LogP contribution in [0.3, 0.4) is 0 Å². The molecule has 1 unspecified atom stereocenters. The zero-order chi connectivity index (χ0) is 12.4. The molecule has 2 N–H and O–H groups in total. The van der Waals surface area contributed by atoms with E-state index in [2.05, 4.69) is 15.0 Å². The lowest BCUT2D eigenvalue weighted by Gasteiger charge is -2.27. The maximum Gasteiger partial charge on any atom is 0.226 e. The first-order chi connectivity index (χ1) is 8.81. The highest BCUT2D eigenvalue weighted by Crippen LogP contribution is 2.32. The van der Waals surface area contributed by atoms with E-state index < -0.39 is 0 Å². The number of nitrogens with zero attached hydrogens (tertiary/aromatic N) is 3. The molecule has 0 bridgehead atoms. The standard InChI is InChI=1S/C12H20N4O2/c13-10(8-16-3-5-17-6-4-16)12-14-11(18-15-12)7-9-1-2-9/h9-10H,1-8,13H2. The summed E-state index contributed by atoms with van der Waals surface area (Å²) in [6.45, 7) is 4.20. The minimum absolute atomic E-state index is 0.167. The smallest absolute Gasteiger partial charge is 0.226 e. The van der Waals surface area contributed by atoms with Gasteiger partial charge < -0.3 is 15.0 Å². The van der Waals surface area contributed by atoms with Gasteiger partial charge in [0.25, 0.3) is 0 Å². The Kier molecular flexibility index (Phi) is 3.58. The van der Waals surface area contributed by atoms with Crippen molar-refractivity contribution in [3.63, 3.8) is 0 Å². The van der Waals surface area contributed by atoms with Crippen LogP contribution in [-0.2, 0) is 11.2 Å². The molecular weight excluding hydrogens is 232 g/mol. The van der Waals surface area contributed by atoms with Crippen molar-refractivity contribution in [2.75, 3.05) is 32.8 Å². The normalized spacial score (nSPS) is 23.2. The molecule has 0 radical (unpaired) electrons. The first-order valence-corrected chi connectivity index (χ1v) is 6.69. The number of nitrogens with two attached hydrogens (primary N) is 1. The first kappa shape index (κ1) is 12.1. The van der Waals surface area contributed by atoms with E-state index in [1.807, 2.05) is 0 Å². The summed E-state index contributed by atoms with van der Waals surface area (Å²) in [6, 6.07) is -0.167. The van der Waals surface area contributed by atoms with Crippen LogP contribution in [0.4, 0.5) is 0 Å². The van der Waals surface area contributed by atoms with E-state index in [1.54, 1.807) is 0 Å². The predicted molar refractivity (Wildman–Crippen MR) is 64.9 cm³/mol. The van der Waals surface area contributed by atoms with E-state index >= 15 is 0 Å². The van der Waals surface area contributed by atoms with Gasteiger partial charge in [-0.25, -0.2) is 0 Å². The third kappa shape index (κ3) is 3.07. The Hall–Kier alpha value is -0.980. The van der Waals surface area contributed by atoms with Crippen LogP contribution in [0.5, 0.6) is 0 Å². The third-order valence-corrected chi connectivity index (χ3v) is 3.53. The minimum Gasteiger partial charge on any atom is -0.379 e. The number of hydrogen-bond acceptors (Lipinski definition) is 6. The molecule has 2 fully saturated rings. The van der Waals surface area contributed by atoms with Gasteiger partial charge in [-0.05, 0) is 18.8 Å². The summed E-state index contributed by atoms with van der Waals surface area (Å²) in [7, 11) is 0. The van der Waals surface area contributed by atoms with Crippen LogP contribution in [0.15, 0.2) is 4.52 Å². The van der Waals surface area contributed by atoms with Gasteiger partial charge in [0.2, 0.25) is 5.89 Å². The Morgan fingerprint density at radius 1 is 1.33 bits per heavy atom. The van der Waals surface area contributed by atoms with Crippen molar-refractivity contribution in [2.45, 2.75) is 25.3 Å². The Bertz CT molecular complexity index is 385. The Labute approximate surface area is 106 Å². The first-order valence-electron chi connectivity index (χ1n) is 6.69. The van der Waals surface area contributed by atoms with Gasteiger partial charge in [0.1, 0.15) is 0 Å². The van der Waals surface area contributed by atoms with Gasteiger partial charge in [0.05, 0.1) is 19.3 Å². The molecule has 2 aliphatic rings. The average molecular weight is 252 g/mol. The van der Waals surface area contributed by atoms with E-state index in [0.717, 1.165) is 51.1 Å². The number of rotatable bonds is 5. The fourth-order valence-corrected chi connectivity index (χ4v) is 2.21. The highest BCUT2D eigenvalue weighted by molar-refractivity contribution is 4.96. The lowest BCUT2D eigenvalue weighted by molar-refractivity contribution is 0.0348. The van der Waals surface area contributed by atoms with Gasteiger partial charge in [-0.2, -0.15) is 4.98 Å². The number of aromatic nitrogens is 2. The van der Waals surface area contributed by atoms with E-state index in [9.17, 15) is 0 Å². The molecule has 0 aromatic carbocycles. The summed E-state index contributed by atoms with van der Waals surface area (Å²) in [6.07, 6.45) is 3.49. The second-order valence-corrected chi connectivity index (χ2v) is 5.21. The number of morpholine rings is 1. The maximum absolute atomic E-state index is 6.12. The van der Waals surface area contributed by atoms with E-state index in [0.29, 0.717) is 5.82 Å². The molecule has 18 heavy (non-hydrogen) atoms. The van der Waals surface area contributed by atoms with Crippen molar-refractivity contribution in [1.82, 2.24) is 15.0 Å². The Morgan fingerprint density at radius 3 is 2.83 bits per heavy atom. The van der Waals surface area contributed by atoms with Crippen molar-refractivity contribution in [1.29, 1.82) is 0 Å². The van der Waals surface area contributed by atoms with Crippen molar-refractivity contribution in [3.05, 3.63) is 11.7 Å². The summed E-state index contributed by atoms with van der Waals surface area (Å²) in [4.78, 5) is 6.68. The quantitative estimate of drug-likeness (QED) is 0.815. The Morgan fingerprint density at radius 2 is 2.11 bits per heavy atom. The summed E-state index contributed by atoms with van der Waals surface area (Å²) in [5, 5.41) is 3.99. The molecule has 100 valence electrons. The number of ether oxygens (including phenoxy) is 1. The summed E-state index contributed by atoms with van der Waals surface area (Å²) in [5.74, 6) is 2.14. The topological polar surface area (TPSA) is 77.4 Å². The SMILES string of the molecule is NC(CN1CCOCC1)c1noc(CC2CC2)n1. The van der Waals surface area contributed by atoms with E-state index in [-0.39, 0.29) is 6.04 Å². The molecular formula is C12H20N4O2. The zero-order valence-corrected chi connectivity index (χ0v) is 10.5. The summed E-state index contributed by atoms with van der Waals surface area (Å²) < 4.78 is 10.6. The largest absolute Gasteiger partial charge is 0.379 e. The van der Waals surface area contributed by atoms with Crippen LogP contribution in [0.2, 0.25) is 0 Å².